The van der Waals surface area contributed by atoms with E-state index < -0.39 is 16.1 Å². The Balaban J connectivity index is 1.46. The molecule has 0 aliphatic carbocycles. The topological polar surface area (TPSA) is 83.8 Å². The van der Waals surface area contributed by atoms with Gasteiger partial charge in [0.1, 0.15) is 6.04 Å². The Hall–Kier alpha value is -2.23. The third-order valence-electron chi connectivity index (χ3n) is 4.87. The fourth-order valence-corrected chi connectivity index (χ4v) is 5.97. The van der Waals surface area contributed by atoms with Gasteiger partial charge in [-0.1, -0.05) is 19.1 Å². The molecular formula is C19H22N4O3S2. The highest BCUT2D eigenvalue weighted by molar-refractivity contribution is 7.89. The number of aromatic nitrogens is 2. The molecule has 0 radical (unpaired) electrons. The van der Waals surface area contributed by atoms with E-state index in [4.69, 9.17) is 0 Å². The minimum atomic E-state index is -3.38. The van der Waals surface area contributed by atoms with Crippen molar-refractivity contribution in [2.45, 2.75) is 32.2 Å². The van der Waals surface area contributed by atoms with E-state index in [1.54, 1.807) is 11.3 Å². The van der Waals surface area contributed by atoms with E-state index in [1.807, 2.05) is 53.4 Å². The summed E-state index contributed by atoms with van der Waals surface area (Å²) in [7, 11) is -3.38. The number of imidazole rings is 1. The van der Waals surface area contributed by atoms with Crippen LogP contribution in [0.2, 0.25) is 0 Å². The molecule has 7 nitrogen and oxygen atoms in total. The van der Waals surface area contributed by atoms with Crippen molar-refractivity contribution in [1.29, 1.82) is 0 Å². The Labute approximate surface area is 168 Å². The van der Waals surface area contributed by atoms with E-state index in [0.717, 1.165) is 16.2 Å². The van der Waals surface area contributed by atoms with E-state index in [1.165, 1.54) is 4.31 Å². The number of benzene rings is 1. The molecule has 1 amide bonds. The lowest BCUT2D eigenvalue weighted by Gasteiger charge is -2.23. The van der Waals surface area contributed by atoms with Gasteiger partial charge in [0.25, 0.3) is 0 Å². The molecule has 1 saturated heterocycles. The standard InChI is InChI=1S/C19H22N4O3S2/c1-2-12-28(25,26)23-9-3-4-17(23)18(24)20-15-7-5-14(6-8-15)16-13-22-10-11-27-19(22)21-16/h5-8,10-11,13,17H,2-4,9,12H2,1H3,(H,20,24). The largest absolute Gasteiger partial charge is 0.325 e. The zero-order chi connectivity index (χ0) is 19.7. The highest BCUT2D eigenvalue weighted by atomic mass is 32.2. The first-order valence-corrected chi connectivity index (χ1v) is 11.8. The molecule has 0 spiro atoms. The quantitative estimate of drug-likeness (QED) is 0.666. The molecule has 0 bridgehead atoms. The molecule has 2 aromatic heterocycles. The minimum Gasteiger partial charge on any atom is -0.325 e. The summed E-state index contributed by atoms with van der Waals surface area (Å²) in [6.45, 7) is 2.24. The average molecular weight is 419 g/mol. The van der Waals surface area contributed by atoms with Crippen LogP contribution in [0.15, 0.2) is 42.0 Å². The molecule has 3 heterocycles. The first kappa shape index (κ1) is 19.1. The second kappa shape index (κ2) is 7.65. The molecule has 28 heavy (non-hydrogen) atoms. The van der Waals surface area contributed by atoms with Crippen molar-refractivity contribution in [1.82, 2.24) is 13.7 Å². The molecule has 1 N–H and O–H groups in total. The van der Waals surface area contributed by atoms with Crippen LogP contribution in [0.1, 0.15) is 26.2 Å². The van der Waals surface area contributed by atoms with Crippen molar-refractivity contribution in [3.8, 4) is 11.3 Å². The Morgan fingerprint density at radius 1 is 1.32 bits per heavy atom. The van der Waals surface area contributed by atoms with Crippen molar-refractivity contribution in [2.24, 2.45) is 0 Å². The summed E-state index contributed by atoms with van der Waals surface area (Å²) in [5.74, 6) is -0.194. The number of thiazole rings is 1. The first-order valence-electron chi connectivity index (χ1n) is 9.31. The van der Waals surface area contributed by atoms with Crippen molar-refractivity contribution < 1.29 is 13.2 Å². The number of carbonyl (C=O) groups is 1. The number of nitrogens with one attached hydrogen (secondary N) is 1. The smallest absolute Gasteiger partial charge is 0.242 e. The van der Waals surface area contributed by atoms with Crippen LogP contribution in [0.25, 0.3) is 16.2 Å². The van der Waals surface area contributed by atoms with Gasteiger partial charge in [0, 0.05) is 35.6 Å². The van der Waals surface area contributed by atoms with Gasteiger partial charge in [-0.2, -0.15) is 4.31 Å². The normalized spacial score (nSPS) is 18.0. The second-order valence-electron chi connectivity index (χ2n) is 6.87. The molecule has 1 aliphatic heterocycles. The van der Waals surface area contributed by atoms with Crippen molar-refractivity contribution in [3.05, 3.63) is 42.0 Å². The second-order valence-corrected chi connectivity index (χ2v) is 9.78. The summed E-state index contributed by atoms with van der Waals surface area (Å²) < 4.78 is 28.1. The van der Waals surface area contributed by atoms with Gasteiger partial charge in [0.15, 0.2) is 4.96 Å². The molecule has 1 atom stereocenters. The highest BCUT2D eigenvalue weighted by Crippen LogP contribution is 2.25. The molecule has 1 aliphatic rings. The van der Waals surface area contributed by atoms with Crippen LogP contribution in [-0.4, -0.2) is 46.4 Å². The number of fused-ring (bicyclic) bond motifs is 1. The van der Waals surface area contributed by atoms with Crippen LogP contribution in [0.4, 0.5) is 5.69 Å². The third kappa shape index (κ3) is 3.69. The molecule has 148 valence electrons. The number of hydrogen-bond donors (Lipinski definition) is 1. The first-order chi connectivity index (χ1) is 13.5. The fraction of sp³-hybridized carbons (Fsp3) is 0.368. The number of nitrogens with zero attached hydrogens (tertiary/aromatic N) is 3. The van der Waals surface area contributed by atoms with Gasteiger partial charge < -0.3 is 5.32 Å². The molecule has 9 heteroatoms. The summed E-state index contributed by atoms with van der Waals surface area (Å²) in [5.41, 5.74) is 2.48. The summed E-state index contributed by atoms with van der Waals surface area (Å²) in [4.78, 5) is 18.2. The maximum absolute atomic E-state index is 12.7. The third-order valence-corrected chi connectivity index (χ3v) is 7.71. The van der Waals surface area contributed by atoms with E-state index in [0.29, 0.717) is 31.5 Å². The van der Waals surface area contributed by atoms with Gasteiger partial charge in [-0.05, 0) is 31.4 Å². The predicted molar refractivity (Wildman–Crippen MR) is 111 cm³/mol. The van der Waals surface area contributed by atoms with Crippen LogP contribution < -0.4 is 5.32 Å². The predicted octanol–water partition coefficient (Wildman–Crippen LogP) is 3.21. The zero-order valence-corrected chi connectivity index (χ0v) is 17.2. The van der Waals surface area contributed by atoms with E-state index in [2.05, 4.69) is 10.3 Å². The number of carbonyl (C=O) groups excluding carboxylic acids is 1. The molecule has 1 fully saturated rings. The lowest BCUT2D eigenvalue weighted by molar-refractivity contribution is -0.119. The summed E-state index contributed by atoms with van der Waals surface area (Å²) in [6, 6.07) is 6.82. The minimum absolute atomic E-state index is 0.0770. The Morgan fingerprint density at radius 2 is 2.11 bits per heavy atom. The van der Waals surface area contributed by atoms with Gasteiger partial charge in [-0.15, -0.1) is 11.3 Å². The SMILES string of the molecule is CCCS(=O)(=O)N1CCCC1C(=O)Nc1ccc(-c2cn3ccsc3n2)cc1. The number of sulfonamides is 1. The Morgan fingerprint density at radius 3 is 2.82 bits per heavy atom. The highest BCUT2D eigenvalue weighted by Gasteiger charge is 2.38. The fourth-order valence-electron chi connectivity index (χ4n) is 3.53. The Kier molecular flexibility index (Phi) is 5.22. The number of hydrogen-bond acceptors (Lipinski definition) is 5. The molecule has 1 aromatic carbocycles. The van der Waals surface area contributed by atoms with E-state index >= 15 is 0 Å². The summed E-state index contributed by atoms with van der Waals surface area (Å²) in [6.07, 6.45) is 5.73. The van der Waals surface area contributed by atoms with Crippen LogP contribution in [-0.2, 0) is 14.8 Å². The van der Waals surface area contributed by atoms with Crippen LogP contribution in [0.3, 0.4) is 0 Å². The summed E-state index contributed by atoms with van der Waals surface area (Å²) >= 11 is 1.58. The van der Waals surface area contributed by atoms with Gasteiger partial charge in [-0.3, -0.25) is 9.20 Å². The monoisotopic (exact) mass is 418 g/mol. The van der Waals surface area contributed by atoms with Crippen LogP contribution in [0, 0.1) is 0 Å². The van der Waals surface area contributed by atoms with E-state index in [9.17, 15) is 13.2 Å². The van der Waals surface area contributed by atoms with Crippen molar-refractivity contribution in [2.75, 3.05) is 17.6 Å². The van der Waals surface area contributed by atoms with E-state index in [-0.39, 0.29) is 11.7 Å². The van der Waals surface area contributed by atoms with Crippen LogP contribution >= 0.6 is 11.3 Å². The number of anilines is 1. The maximum atomic E-state index is 12.7. The van der Waals surface area contributed by atoms with Gasteiger partial charge in [-0.25, -0.2) is 13.4 Å². The lowest BCUT2D eigenvalue weighted by atomic mass is 10.1. The van der Waals surface area contributed by atoms with Crippen molar-refractivity contribution in [3.63, 3.8) is 0 Å². The Bertz CT molecular complexity index is 1060. The van der Waals surface area contributed by atoms with Crippen LogP contribution in [0.5, 0.6) is 0 Å². The lowest BCUT2D eigenvalue weighted by Crippen LogP contribution is -2.44. The zero-order valence-electron chi connectivity index (χ0n) is 15.5. The molecule has 1 unspecified atom stereocenters. The molecule has 4 rings (SSSR count). The molecule has 3 aromatic rings. The number of amides is 1. The molecular weight excluding hydrogens is 396 g/mol. The summed E-state index contributed by atoms with van der Waals surface area (Å²) in [5, 5.41) is 4.84. The van der Waals surface area contributed by atoms with Gasteiger partial charge >= 0.3 is 0 Å². The van der Waals surface area contributed by atoms with Crippen molar-refractivity contribution >= 4 is 37.9 Å². The van der Waals surface area contributed by atoms with Gasteiger partial charge in [0.2, 0.25) is 15.9 Å². The number of rotatable bonds is 6. The molecule has 0 saturated carbocycles. The maximum Gasteiger partial charge on any atom is 0.242 e. The van der Waals surface area contributed by atoms with Gasteiger partial charge in [0.05, 0.1) is 11.4 Å². The average Bonchev–Trinajstić information content (AvgIpc) is 3.38.